The Kier molecular flexibility index (Phi) is 2.99. The Hall–Kier alpha value is -0.250. The van der Waals surface area contributed by atoms with Crippen molar-refractivity contribution >= 4 is 0 Å². The Labute approximate surface area is 69.6 Å². The quantitative estimate of drug-likeness (QED) is 0.660. The van der Waals surface area contributed by atoms with E-state index in [-0.39, 0.29) is 13.0 Å². The summed E-state index contributed by atoms with van der Waals surface area (Å²) in [5.74, 6) is -1.82. The molecule has 0 aromatic carbocycles. The van der Waals surface area contributed by atoms with E-state index in [1.165, 1.54) is 0 Å². The summed E-state index contributed by atoms with van der Waals surface area (Å²) in [5.41, 5.74) is 0. The lowest BCUT2D eigenvalue weighted by Crippen LogP contribution is -2.34. The first-order chi connectivity index (χ1) is 5.55. The summed E-state index contributed by atoms with van der Waals surface area (Å²) in [4.78, 5) is 0. The van der Waals surface area contributed by atoms with Gasteiger partial charge in [-0.3, -0.25) is 0 Å². The van der Waals surface area contributed by atoms with E-state index in [2.05, 4.69) is 0 Å². The lowest BCUT2D eigenvalue weighted by atomic mass is 9.79. The van der Waals surface area contributed by atoms with Gasteiger partial charge in [0.1, 0.15) is 0 Å². The van der Waals surface area contributed by atoms with Crippen molar-refractivity contribution in [2.45, 2.75) is 31.9 Å². The fraction of sp³-hybridized carbons (Fsp3) is 1.00. The van der Waals surface area contributed by atoms with Crippen LogP contribution in [-0.4, -0.2) is 17.9 Å². The highest BCUT2D eigenvalue weighted by Crippen LogP contribution is 2.40. The van der Waals surface area contributed by atoms with E-state index < -0.39 is 18.0 Å². The van der Waals surface area contributed by atoms with Gasteiger partial charge < -0.3 is 5.11 Å². The van der Waals surface area contributed by atoms with Crippen molar-refractivity contribution in [2.24, 2.45) is 11.8 Å². The first-order valence-corrected chi connectivity index (χ1v) is 4.23. The average Bonchev–Trinajstić information content (AvgIpc) is 2.03. The summed E-state index contributed by atoms with van der Waals surface area (Å²) < 4.78 is 36.8. The molecule has 72 valence electrons. The summed E-state index contributed by atoms with van der Waals surface area (Å²) in [5, 5.41) is 8.72. The van der Waals surface area contributed by atoms with Crippen molar-refractivity contribution in [3.63, 3.8) is 0 Å². The summed E-state index contributed by atoms with van der Waals surface area (Å²) in [6.45, 7) is -0.329. The van der Waals surface area contributed by atoms with Crippen LogP contribution in [0.2, 0.25) is 0 Å². The van der Waals surface area contributed by atoms with E-state index in [9.17, 15) is 13.2 Å². The molecule has 1 saturated carbocycles. The largest absolute Gasteiger partial charge is 0.396 e. The zero-order chi connectivity index (χ0) is 9.19. The molecule has 0 spiro atoms. The van der Waals surface area contributed by atoms with Gasteiger partial charge >= 0.3 is 6.18 Å². The maximum absolute atomic E-state index is 12.3. The monoisotopic (exact) mass is 182 g/mol. The molecule has 0 heterocycles. The zero-order valence-corrected chi connectivity index (χ0v) is 6.77. The number of aliphatic hydroxyl groups excluding tert-OH is 1. The number of hydrogen-bond donors (Lipinski definition) is 1. The van der Waals surface area contributed by atoms with E-state index >= 15 is 0 Å². The SMILES string of the molecule is OC[C@H]1CCCC[C@@H]1C(F)(F)F. The van der Waals surface area contributed by atoms with Crippen LogP contribution in [0.5, 0.6) is 0 Å². The van der Waals surface area contributed by atoms with Crippen molar-refractivity contribution < 1.29 is 18.3 Å². The molecule has 0 aromatic heterocycles. The Morgan fingerprint density at radius 3 is 2.17 bits per heavy atom. The molecule has 2 atom stereocenters. The van der Waals surface area contributed by atoms with Gasteiger partial charge in [0.05, 0.1) is 5.92 Å². The summed E-state index contributed by atoms with van der Waals surface area (Å²) in [6.07, 6.45) is -1.96. The number of halogens is 3. The Morgan fingerprint density at radius 1 is 1.17 bits per heavy atom. The van der Waals surface area contributed by atoms with Crippen LogP contribution in [0.3, 0.4) is 0 Å². The van der Waals surface area contributed by atoms with E-state index in [0.29, 0.717) is 12.8 Å². The number of hydrogen-bond acceptors (Lipinski definition) is 1. The maximum Gasteiger partial charge on any atom is 0.392 e. The Morgan fingerprint density at radius 2 is 1.75 bits per heavy atom. The Bertz CT molecular complexity index is 144. The predicted molar refractivity (Wildman–Crippen MR) is 38.6 cm³/mol. The molecule has 0 unspecified atom stereocenters. The van der Waals surface area contributed by atoms with Crippen LogP contribution < -0.4 is 0 Å². The van der Waals surface area contributed by atoms with E-state index in [1.807, 2.05) is 0 Å². The molecule has 1 aliphatic carbocycles. The van der Waals surface area contributed by atoms with Gasteiger partial charge in [-0.2, -0.15) is 13.2 Å². The van der Waals surface area contributed by atoms with E-state index in [1.54, 1.807) is 0 Å². The molecule has 1 rings (SSSR count). The number of aliphatic hydroxyl groups is 1. The lowest BCUT2D eigenvalue weighted by molar-refractivity contribution is -0.199. The van der Waals surface area contributed by atoms with Crippen molar-refractivity contribution in [2.75, 3.05) is 6.61 Å². The lowest BCUT2D eigenvalue weighted by Gasteiger charge is -2.31. The van der Waals surface area contributed by atoms with Crippen LogP contribution in [0.25, 0.3) is 0 Å². The minimum absolute atomic E-state index is 0.189. The molecule has 0 bridgehead atoms. The molecule has 0 radical (unpaired) electrons. The molecule has 4 heteroatoms. The van der Waals surface area contributed by atoms with Gasteiger partial charge in [0.25, 0.3) is 0 Å². The smallest absolute Gasteiger partial charge is 0.392 e. The van der Waals surface area contributed by atoms with Crippen molar-refractivity contribution in [1.82, 2.24) is 0 Å². The highest BCUT2D eigenvalue weighted by molar-refractivity contribution is 4.79. The normalized spacial score (nSPS) is 32.0. The van der Waals surface area contributed by atoms with Crippen LogP contribution in [0.1, 0.15) is 25.7 Å². The zero-order valence-electron chi connectivity index (χ0n) is 6.77. The van der Waals surface area contributed by atoms with Crippen molar-refractivity contribution in [3.05, 3.63) is 0 Å². The van der Waals surface area contributed by atoms with Crippen LogP contribution in [0.15, 0.2) is 0 Å². The minimum atomic E-state index is -4.12. The van der Waals surface area contributed by atoms with Gasteiger partial charge in [-0.05, 0) is 18.8 Å². The summed E-state index contributed by atoms with van der Waals surface area (Å²) in [6, 6.07) is 0. The van der Waals surface area contributed by atoms with Crippen LogP contribution in [0.4, 0.5) is 13.2 Å². The van der Waals surface area contributed by atoms with Gasteiger partial charge in [0.2, 0.25) is 0 Å². The van der Waals surface area contributed by atoms with Gasteiger partial charge in [-0.25, -0.2) is 0 Å². The second-order valence-corrected chi connectivity index (χ2v) is 3.38. The van der Waals surface area contributed by atoms with Gasteiger partial charge in [0.15, 0.2) is 0 Å². The fourth-order valence-electron chi connectivity index (χ4n) is 1.86. The fourth-order valence-corrected chi connectivity index (χ4v) is 1.86. The van der Waals surface area contributed by atoms with Gasteiger partial charge in [-0.15, -0.1) is 0 Å². The Balaban J connectivity index is 2.59. The van der Waals surface area contributed by atoms with E-state index in [4.69, 9.17) is 5.11 Å². The van der Waals surface area contributed by atoms with Crippen LogP contribution >= 0.6 is 0 Å². The van der Waals surface area contributed by atoms with Crippen LogP contribution in [-0.2, 0) is 0 Å². The van der Waals surface area contributed by atoms with Gasteiger partial charge in [-0.1, -0.05) is 12.8 Å². The number of alkyl halides is 3. The van der Waals surface area contributed by atoms with Crippen molar-refractivity contribution in [1.29, 1.82) is 0 Å². The van der Waals surface area contributed by atoms with Crippen LogP contribution in [0, 0.1) is 11.8 Å². The highest BCUT2D eigenvalue weighted by atomic mass is 19.4. The summed E-state index contributed by atoms with van der Waals surface area (Å²) >= 11 is 0. The second-order valence-electron chi connectivity index (χ2n) is 3.38. The third-order valence-electron chi connectivity index (χ3n) is 2.56. The summed E-state index contributed by atoms with van der Waals surface area (Å²) in [7, 11) is 0. The standard InChI is InChI=1S/C8H13F3O/c9-8(10,11)7-4-2-1-3-6(7)5-12/h6-7,12H,1-5H2/t6-,7+/m1/s1. The molecule has 1 N–H and O–H groups in total. The third kappa shape index (κ3) is 2.12. The molecule has 1 aliphatic rings. The molecule has 12 heavy (non-hydrogen) atoms. The third-order valence-corrected chi connectivity index (χ3v) is 2.56. The van der Waals surface area contributed by atoms with Gasteiger partial charge in [0, 0.05) is 6.61 Å². The molecule has 0 saturated heterocycles. The van der Waals surface area contributed by atoms with Crippen molar-refractivity contribution in [3.8, 4) is 0 Å². The average molecular weight is 182 g/mol. The molecule has 0 amide bonds. The molecule has 1 fully saturated rings. The first kappa shape index (κ1) is 9.84. The molecule has 1 nitrogen and oxygen atoms in total. The van der Waals surface area contributed by atoms with E-state index in [0.717, 1.165) is 6.42 Å². The molecule has 0 aliphatic heterocycles. The topological polar surface area (TPSA) is 20.2 Å². The second kappa shape index (κ2) is 3.64. The molecular formula is C8H13F3O. The molecule has 0 aromatic rings. The maximum atomic E-state index is 12.3. The first-order valence-electron chi connectivity index (χ1n) is 4.23. The predicted octanol–water partition coefficient (Wildman–Crippen LogP) is 2.35. The minimum Gasteiger partial charge on any atom is -0.396 e. The number of rotatable bonds is 1. The highest BCUT2D eigenvalue weighted by Gasteiger charge is 2.44. The molecular weight excluding hydrogens is 169 g/mol.